The Hall–Kier alpha value is -0.590. The van der Waals surface area contributed by atoms with Crippen molar-refractivity contribution in [2.75, 3.05) is 11.9 Å². The van der Waals surface area contributed by atoms with Crippen LogP contribution in [0.3, 0.4) is 0 Å². The molecule has 6 heteroatoms. The second-order valence-electron chi connectivity index (χ2n) is 5.00. The summed E-state index contributed by atoms with van der Waals surface area (Å²) >= 11 is 14.9. The van der Waals surface area contributed by atoms with Crippen molar-refractivity contribution in [1.29, 1.82) is 0 Å². The Morgan fingerprint density at radius 3 is 2.48 bits per heavy atom. The second-order valence-corrected chi connectivity index (χ2v) is 6.89. The van der Waals surface area contributed by atoms with Crippen LogP contribution in [-0.2, 0) is 0 Å². The Balaban J connectivity index is 2.18. The lowest BCUT2D eigenvalue weighted by atomic mass is 10.2. The summed E-state index contributed by atoms with van der Waals surface area (Å²) in [5.41, 5.74) is 1.81. The van der Waals surface area contributed by atoms with Crippen molar-refractivity contribution in [2.45, 2.75) is 25.7 Å². The molecule has 0 saturated heterocycles. The average molecular weight is 434 g/mol. The molecule has 1 N–H and O–H groups in total. The lowest BCUT2D eigenvalue weighted by Gasteiger charge is -2.13. The van der Waals surface area contributed by atoms with Crippen molar-refractivity contribution in [3.05, 3.63) is 37.5 Å². The van der Waals surface area contributed by atoms with Crippen LogP contribution >= 0.6 is 45.8 Å². The molecule has 21 heavy (non-hydrogen) atoms. The van der Waals surface area contributed by atoms with Gasteiger partial charge in [0, 0.05) is 12.5 Å². The van der Waals surface area contributed by atoms with E-state index in [0.29, 0.717) is 27.4 Å². The Bertz CT molecular complexity index is 667. The van der Waals surface area contributed by atoms with Crippen LogP contribution < -0.4 is 5.32 Å². The zero-order chi connectivity index (χ0) is 15.0. The van der Waals surface area contributed by atoms with Crippen molar-refractivity contribution in [3.8, 4) is 11.4 Å². The zero-order valence-corrected chi connectivity index (χ0v) is 15.1. The molecule has 1 fully saturated rings. The highest BCUT2D eigenvalue weighted by Gasteiger charge is 2.30. The van der Waals surface area contributed by atoms with Gasteiger partial charge >= 0.3 is 0 Å². The summed E-state index contributed by atoms with van der Waals surface area (Å²) in [6, 6.07) is 5.45. The first-order chi connectivity index (χ1) is 10.1. The van der Waals surface area contributed by atoms with E-state index in [-0.39, 0.29) is 0 Å². The van der Waals surface area contributed by atoms with Gasteiger partial charge in [-0.25, -0.2) is 9.97 Å². The van der Waals surface area contributed by atoms with Gasteiger partial charge in [-0.1, -0.05) is 29.3 Å². The van der Waals surface area contributed by atoms with Crippen molar-refractivity contribution in [2.24, 2.45) is 0 Å². The molecule has 110 valence electrons. The molecule has 0 aliphatic heterocycles. The normalized spacial score (nSPS) is 14.3. The fourth-order valence-corrected chi connectivity index (χ4v) is 3.64. The van der Waals surface area contributed by atoms with Crippen molar-refractivity contribution in [1.82, 2.24) is 9.97 Å². The Labute approximate surface area is 147 Å². The molecule has 0 bridgehead atoms. The molecule has 1 aromatic heterocycles. The molecule has 1 heterocycles. The van der Waals surface area contributed by atoms with Crippen LogP contribution in [0.25, 0.3) is 11.4 Å². The van der Waals surface area contributed by atoms with Crippen molar-refractivity contribution >= 4 is 51.6 Å². The summed E-state index contributed by atoms with van der Waals surface area (Å²) in [5.74, 6) is 2.00. The SMILES string of the molecule is CCNc1nc(-c2c(Cl)cccc2Cl)nc(C2CC2)c1I. The molecule has 3 rings (SSSR count). The van der Waals surface area contributed by atoms with Gasteiger partial charge in [0.2, 0.25) is 0 Å². The fourth-order valence-electron chi connectivity index (χ4n) is 2.20. The van der Waals surface area contributed by atoms with Crippen LogP contribution in [0.4, 0.5) is 5.82 Å². The Kier molecular flexibility index (Phi) is 4.57. The predicted molar refractivity (Wildman–Crippen MR) is 96.3 cm³/mol. The lowest BCUT2D eigenvalue weighted by Crippen LogP contribution is -2.08. The van der Waals surface area contributed by atoms with E-state index < -0.39 is 0 Å². The highest BCUT2D eigenvalue weighted by atomic mass is 127. The van der Waals surface area contributed by atoms with Crippen LogP contribution in [0.5, 0.6) is 0 Å². The second kappa shape index (κ2) is 6.26. The molecule has 3 nitrogen and oxygen atoms in total. The third-order valence-electron chi connectivity index (χ3n) is 3.37. The maximum Gasteiger partial charge on any atom is 0.164 e. The van der Waals surface area contributed by atoms with Gasteiger partial charge in [0.05, 0.1) is 24.9 Å². The first kappa shape index (κ1) is 15.3. The average Bonchev–Trinajstić information content (AvgIpc) is 3.26. The maximum absolute atomic E-state index is 6.29. The summed E-state index contributed by atoms with van der Waals surface area (Å²) in [6.07, 6.45) is 2.38. The molecule has 2 aromatic rings. The number of nitrogens with one attached hydrogen (secondary N) is 1. The minimum absolute atomic E-state index is 0.539. The van der Waals surface area contributed by atoms with Crippen molar-refractivity contribution in [3.63, 3.8) is 0 Å². The lowest BCUT2D eigenvalue weighted by molar-refractivity contribution is 0.972. The molecule has 0 amide bonds. The van der Waals surface area contributed by atoms with Crippen LogP contribution in [0.2, 0.25) is 10.0 Å². The largest absolute Gasteiger partial charge is 0.369 e. The van der Waals surface area contributed by atoms with E-state index in [9.17, 15) is 0 Å². The van der Waals surface area contributed by atoms with Crippen LogP contribution in [0.1, 0.15) is 31.4 Å². The highest BCUT2D eigenvalue weighted by molar-refractivity contribution is 14.1. The summed E-state index contributed by atoms with van der Waals surface area (Å²) in [7, 11) is 0. The van der Waals surface area contributed by atoms with Gasteiger partial charge in [0.25, 0.3) is 0 Å². The number of nitrogens with zero attached hydrogens (tertiary/aromatic N) is 2. The van der Waals surface area contributed by atoms with E-state index >= 15 is 0 Å². The monoisotopic (exact) mass is 433 g/mol. The highest BCUT2D eigenvalue weighted by Crippen LogP contribution is 2.43. The smallest absolute Gasteiger partial charge is 0.164 e. The van der Waals surface area contributed by atoms with Crippen LogP contribution in [-0.4, -0.2) is 16.5 Å². The van der Waals surface area contributed by atoms with E-state index in [1.54, 1.807) is 0 Å². The first-order valence-electron chi connectivity index (χ1n) is 6.87. The van der Waals surface area contributed by atoms with E-state index in [4.69, 9.17) is 28.2 Å². The van der Waals surface area contributed by atoms with Gasteiger partial charge in [-0.15, -0.1) is 0 Å². The molecule has 1 saturated carbocycles. The molecule has 0 radical (unpaired) electrons. The first-order valence-corrected chi connectivity index (χ1v) is 8.71. The topological polar surface area (TPSA) is 37.8 Å². The van der Waals surface area contributed by atoms with Crippen molar-refractivity contribution < 1.29 is 0 Å². The van der Waals surface area contributed by atoms with Gasteiger partial charge < -0.3 is 5.32 Å². The van der Waals surface area contributed by atoms with E-state index in [0.717, 1.165) is 21.6 Å². The fraction of sp³-hybridized carbons (Fsp3) is 0.333. The number of halogens is 3. The molecular weight excluding hydrogens is 420 g/mol. The molecule has 1 aromatic carbocycles. The number of hydrogen-bond donors (Lipinski definition) is 1. The van der Waals surface area contributed by atoms with Crippen LogP contribution in [0.15, 0.2) is 18.2 Å². The number of hydrogen-bond acceptors (Lipinski definition) is 3. The quantitative estimate of drug-likeness (QED) is 0.659. The molecular formula is C15H14Cl2IN3. The van der Waals surface area contributed by atoms with Gasteiger partial charge in [-0.2, -0.15) is 0 Å². The maximum atomic E-state index is 6.29. The third-order valence-corrected chi connectivity index (χ3v) is 5.06. The van der Waals surface area contributed by atoms with E-state index in [1.165, 1.54) is 12.8 Å². The van der Waals surface area contributed by atoms with Gasteiger partial charge in [0.15, 0.2) is 5.82 Å². The number of rotatable bonds is 4. The predicted octanol–water partition coefficient (Wildman–Crippen LogP) is 5.36. The number of benzene rings is 1. The standard InChI is InChI=1S/C15H14Cl2IN3/c1-2-19-15-12(18)13(8-6-7-8)20-14(21-15)11-9(16)4-3-5-10(11)17/h3-5,8H,2,6-7H2,1H3,(H,19,20,21). The van der Waals surface area contributed by atoms with Gasteiger partial charge in [-0.05, 0) is 54.5 Å². The summed E-state index contributed by atoms with van der Waals surface area (Å²) in [5, 5.41) is 4.46. The number of aromatic nitrogens is 2. The van der Waals surface area contributed by atoms with Gasteiger partial charge in [-0.3, -0.25) is 0 Å². The molecule has 0 atom stereocenters. The Morgan fingerprint density at radius 1 is 1.24 bits per heavy atom. The minimum Gasteiger partial charge on any atom is -0.369 e. The molecule has 1 aliphatic carbocycles. The summed E-state index contributed by atoms with van der Waals surface area (Å²) in [6.45, 7) is 2.87. The van der Waals surface area contributed by atoms with E-state index in [2.05, 4.69) is 39.8 Å². The van der Waals surface area contributed by atoms with E-state index in [1.807, 2.05) is 18.2 Å². The summed E-state index contributed by atoms with van der Waals surface area (Å²) in [4.78, 5) is 9.37. The number of anilines is 1. The van der Waals surface area contributed by atoms with Crippen LogP contribution in [0, 0.1) is 3.57 Å². The Morgan fingerprint density at radius 2 is 1.90 bits per heavy atom. The molecule has 0 spiro atoms. The van der Waals surface area contributed by atoms with Gasteiger partial charge in [0.1, 0.15) is 5.82 Å². The molecule has 0 unspecified atom stereocenters. The minimum atomic E-state index is 0.539. The molecule has 1 aliphatic rings. The zero-order valence-electron chi connectivity index (χ0n) is 11.5. The summed E-state index contributed by atoms with van der Waals surface area (Å²) < 4.78 is 1.10. The third kappa shape index (κ3) is 3.12.